The van der Waals surface area contributed by atoms with Gasteiger partial charge in [-0.05, 0) is 89.8 Å². The lowest BCUT2D eigenvalue weighted by atomic mass is 9.88. The van der Waals surface area contributed by atoms with Crippen LogP contribution in [-0.4, -0.2) is 16.2 Å². The number of aromatic nitrogens is 2. The van der Waals surface area contributed by atoms with Crippen molar-refractivity contribution in [3.63, 3.8) is 0 Å². The van der Waals surface area contributed by atoms with Gasteiger partial charge in [-0.15, -0.1) is 0 Å². The first-order valence-corrected chi connectivity index (χ1v) is 21.4. The van der Waals surface area contributed by atoms with Gasteiger partial charge in [-0.25, -0.2) is 4.98 Å². The lowest BCUT2D eigenvalue weighted by Gasteiger charge is -2.42. The average Bonchev–Trinajstić information content (AvgIpc) is 3.82. The zero-order valence-electron chi connectivity index (χ0n) is 33.6. The van der Waals surface area contributed by atoms with E-state index < -0.39 is 0 Å². The van der Waals surface area contributed by atoms with Gasteiger partial charge in [0, 0.05) is 56.7 Å². The molecule has 2 aromatic heterocycles. The molecule has 294 valence electrons. The fraction of sp³-hybridized carbons (Fsp3) is 0.0962. The second kappa shape index (κ2) is 12.6. The van der Waals surface area contributed by atoms with Crippen LogP contribution < -0.4 is 28.9 Å². The van der Waals surface area contributed by atoms with E-state index in [0.29, 0.717) is 6.67 Å². The molecule has 0 radical (unpaired) electrons. The summed E-state index contributed by atoms with van der Waals surface area (Å²) in [5, 5.41) is 2.33. The Morgan fingerprint density at radius 1 is 0.557 bits per heavy atom. The van der Waals surface area contributed by atoms with E-state index in [1.165, 1.54) is 20.7 Å². The fourth-order valence-corrected chi connectivity index (χ4v) is 10.4. The summed E-state index contributed by atoms with van der Waals surface area (Å²) in [4.78, 5) is 14.2. The zero-order chi connectivity index (χ0) is 40.6. The molecule has 0 unspecified atom stereocenters. The molecule has 0 atom stereocenters. The van der Waals surface area contributed by atoms with Crippen LogP contribution in [0, 0.1) is 0 Å². The molecule has 4 aliphatic heterocycles. The second-order valence-corrected chi connectivity index (χ2v) is 18.0. The number of fused-ring (bicyclic) bond motifs is 4. The van der Waals surface area contributed by atoms with Gasteiger partial charge in [0.25, 0.3) is 0 Å². The maximum atomic E-state index is 6.72. The Balaban J connectivity index is 0.853. The van der Waals surface area contributed by atoms with Crippen molar-refractivity contribution in [3.05, 3.63) is 163 Å². The maximum absolute atomic E-state index is 6.72. The fourth-order valence-electron chi connectivity index (χ4n) is 9.34. The van der Waals surface area contributed by atoms with Crippen molar-refractivity contribution in [2.45, 2.75) is 36.0 Å². The van der Waals surface area contributed by atoms with E-state index in [2.05, 4.69) is 186 Å². The molecule has 0 N–H and O–H groups in total. The van der Waals surface area contributed by atoms with Crippen molar-refractivity contribution in [3.8, 4) is 40.3 Å². The average molecular weight is 812 g/mol. The van der Waals surface area contributed by atoms with Crippen molar-refractivity contribution in [1.29, 1.82) is 0 Å². The summed E-state index contributed by atoms with van der Waals surface area (Å²) in [5.74, 6) is 5.61. The van der Waals surface area contributed by atoms with Crippen LogP contribution in [0.5, 0.6) is 34.5 Å². The van der Waals surface area contributed by atoms with Crippen LogP contribution in [0.25, 0.3) is 27.6 Å². The van der Waals surface area contributed by atoms with Gasteiger partial charge in [-0.1, -0.05) is 81.1 Å². The molecule has 8 nitrogen and oxygen atoms in total. The Kier molecular flexibility index (Phi) is 7.11. The van der Waals surface area contributed by atoms with Gasteiger partial charge in [-0.3, -0.25) is 9.47 Å². The van der Waals surface area contributed by atoms with Gasteiger partial charge >= 0.3 is 0 Å². The minimum atomic E-state index is -0.00991. The molecular formula is C52H37N5O3S. The predicted molar refractivity (Wildman–Crippen MR) is 245 cm³/mol. The van der Waals surface area contributed by atoms with Gasteiger partial charge in [0.2, 0.25) is 0 Å². The smallest absolute Gasteiger partial charge is 0.157 e. The van der Waals surface area contributed by atoms with Crippen LogP contribution in [0.3, 0.4) is 0 Å². The number of hydrogen-bond donors (Lipinski definition) is 0. The second-order valence-electron chi connectivity index (χ2n) is 16.9. The summed E-state index contributed by atoms with van der Waals surface area (Å²) in [6.07, 6.45) is 1.91. The molecule has 9 aromatic rings. The standard InChI is InChI=1S/C52H37N5O3S/c1-52(2,3)31-23-24-53-48(25-31)56-38-14-5-4-13-36(38)37-22-21-35(29-41(37)56)58-34-12-8-11-32(26-34)54-30-55(40-16-7-6-15-39(40)54)33-27-44-49-45(28-33)60-43-18-10-20-47-51(43)57(49)50-42(59-44)17-9-19-46(50)61-47/h4-29H,30H2,1-3H3. The molecule has 7 aromatic carbocycles. The molecule has 0 fully saturated rings. The Labute approximate surface area is 356 Å². The third-order valence-corrected chi connectivity index (χ3v) is 13.3. The van der Waals surface area contributed by atoms with Gasteiger partial charge in [0.05, 0.1) is 28.1 Å². The van der Waals surface area contributed by atoms with Crippen LogP contribution in [0.4, 0.5) is 39.8 Å². The number of nitrogens with zero attached hydrogens (tertiary/aromatic N) is 5. The summed E-state index contributed by atoms with van der Waals surface area (Å²) in [5.41, 5.74) is 10.6. The molecule has 0 amide bonds. The molecule has 6 heterocycles. The number of hydrogen-bond acceptors (Lipinski definition) is 8. The summed E-state index contributed by atoms with van der Waals surface area (Å²) in [7, 11) is 0. The Bertz CT molecular complexity index is 3260. The quantitative estimate of drug-likeness (QED) is 0.170. The molecule has 61 heavy (non-hydrogen) atoms. The van der Waals surface area contributed by atoms with Gasteiger partial charge in [-0.2, -0.15) is 0 Å². The van der Waals surface area contributed by atoms with Crippen LogP contribution in [-0.2, 0) is 5.41 Å². The zero-order valence-corrected chi connectivity index (χ0v) is 34.4. The van der Waals surface area contributed by atoms with Gasteiger partial charge < -0.3 is 24.0 Å². The highest BCUT2D eigenvalue weighted by atomic mass is 32.2. The van der Waals surface area contributed by atoms with E-state index in [0.717, 1.165) is 96.5 Å². The van der Waals surface area contributed by atoms with E-state index in [4.69, 9.17) is 19.2 Å². The molecule has 9 heteroatoms. The number of pyridine rings is 1. The molecule has 0 spiro atoms. The number of ether oxygens (including phenoxy) is 3. The topological polar surface area (TPSA) is 55.2 Å². The lowest BCUT2D eigenvalue weighted by Crippen LogP contribution is -2.26. The Hall–Kier alpha value is -7.36. The van der Waals surface area contributed by atoms with Crippen LogP contribution in [0.15, 0.2) is 168 Å². The van der Waals surface area contributed by atoms with Crippen molar-refractivity contribution in [1.82, 2.24) is 9.55 Å². The number of rotatable bonds is 5. The first-order chi connectivity index (χ1) is 29.8. The third kappa shape index (κ3) is 5.17. The van der Waals surface area contributed by atoms with Gasteiger partial charge in [0.15, 0.2) is 23.0 Å². The summed E-state index contributed by atoms with van der Waals surface area (Å²) in [6.45, 7) is 7.28. The molecule has 13 rings (SSSR count). The molecule has 0 bridgehead atoms. The van der Waals surface area contributed by atoms with Gasteiger partial charge in [0.1, 0.15) is 41.0 Å². The number of anilines is 7. The molecule has 4 aliphatic rings. The van der Waals surface area contributed by atoms with E-state index in [9.17, 15) is 0 Å². The summed E-state index contributed by atoms with van der Waals surface area (Å²) < 4.78 is 22.4. The normalized spacial score (nSPS) is 14.2. The van der Waals surface area contributed by atoms with Crippen molar-refractivity contribution in [2.75, 3.05) is 21.4 Å². The minimum absolute atomic E-state index is 0.00991. The molecular weight excluding hydrogens is 775 g/mol. The highest BCUT2D eigenvalue weighted by molar-refractivity contribution is 7.99. The maximum Gasteiger partial charge on any atom is 0.157 e. The predicted octanol–water partition coefficient (Wildman–Crippen LogP) is 14.7. The Morgan fingerprint density at radius 3 is 1.95 bits per heavy atom. The van der Waals surface area contributed by atoms with E-state index >= 15 is 0 Å². The first-order valence-electron chi connectivity index (χ1n) is 20.5. The Morgan fingerprint density at radius 2 is 1.21 bits per heavy atom. The SMILES string of the molecule is CC(C)(C)c1ccnc(-n2c3ccccc3c3ccc(Oc4cccc(N5CN(c6cc7c8c(c6)Oc6cccc9c6N8c6c(cccc6S9)O7)c6ccccc65)c4)cc32)c1. The van der Waals surface area contributed by atoms with Crippen LogP contribution in [0.1, 0.15) is 26.3 Å². The summed E-state index contributed by atoms with van der Waals surface area (Å²) in [6, 6.07) is 52.9. The van der Waals surface area contributed by atoms with E-state index in [1.807, 2.05) is 12.3 Å². The van der Waals surface area contributed by atoms with E-state index in [-0.39, 0.29) is 5.41 Å². The first kappa shape index (κ1) is 34.5. The monoisotopic (exact) mass is 811 g/mol. The van der Waals surface area contributed by atoms with Crippen molar-refractivity contribution in [2.24, 2.45) is 0 Å². The summed E-state index contributed by atoms with van der Waals surface area (Å²) >= 11 is 1.76. The highest BCUT2D eigenvalue weighted by Crippen LogP contribution is 2.67. The lowest BCUT2D eigenvalue weighted by molar-refractivity contribution is 0.443. The third-order valence-electron chi connectivity index (χ3n) is 12.2. The van der Waals surface area contributed by atoms with E-state index in [1.54, 1.807) is 11.8 Å². The molecule has 0 aliphatic carbocycles. The minimum Gasteiger partial charge on any atom is -0.457 e. The largest absolute Gasteiger partial charge is 0.457 e. The van der Waals surface area contributed by atoms with Crippen molar-refractivity contribution >= 4 is 73.4 Å². The van der Waals surface area contributed by atoms with Crippen molar-refractivity contribution < 1.29 is 14.2 Å². The highest BCUT2D eigenvalue weighted by Gasteiger charge is 2.41. The molecule has 0 saturated carbocycles. The number of benzene rings is 7. The number of para-hydroxylation sites is 5. The molecule has 0 saturated heterocycles. The van der Waals surface area contributed by atoms with Crippen LogP contribution >= 0.6 is 11.8 Å². The van der Waals surface area contributed by atoms with Crippen LogP contribution in [0.2, 0.25) is 0 Å².